The van der Waals surface area contributed by atoms with Gasteiger partial charge in [-0.15, -0.1) is 0 Å². The van der Waals surface area contributed by atoms with E-state index in [0.29, 0.717) is 16.7 Å². The molecule has 1 aliphatic heterocycles. The van der Waals surface area contributed by atoms with E-state index >= 15 is 0 Å². The van der Waals surface area contributed by atoms with Gasteiger partial charge in [0.15, 0.2) is 0 Å². The zero-order chi connectivity index (χ0) is 15.0. The third-order valence-electron chi connectivity index (χ3n) is 3.41. The minimum atomic E-state index is -2.55. The number of allylic oxidation sites excluding steroid dienone is 3. The van der Waals surface area contributed by atoms with Crippen molar-refractivity contribution >= 4 is 34.6 Å². The molecule has 1 aliphatic rings. The Morgan fingerprint density at radius 1 is 1.30 bits per heavy atom. The molecular weight excluding hydrogens is 325 g/mol. The summed E-state index contributed by atoms with van der Waals surface area (Å²) < 4.78 is 27.7. The Kier molecular flexibility index (Phi) is 4.32. The van der Waals surface area contributed by atoms with Crippen molar-refractivity contribution in [2.24, 2.45) is 4.99 Å². The maximum atomic E-state index is 13.3. The van der Waals surface area contributed by atoms with Crippen LogP contribution in [0.5, 0.6) is 0 Å². The molecule has 1 aromatic rings. The molecule has 0 amide bonds. The third kappa shape index (κ3) is 2.53. The first-order valence-corrected chi connectivity index (χ1v) is 7.49. The molecule has 106 valence electrons. The summed E-state index contributed by atoms with van der Waals surface area (Å²) >= 11 is 3.42. The Balaban J connectivity index is 2.72. The van der Waals surface area contributed by atoms with Crippen molar-refractivity contribution in [3.05, 3.63) is 40.4 Å². The van der Waals surface area contributed by atoms with Gasteiger partial charge in [0, 0.05) is 28.0 Å². The molecule has 0 unspecified atom stereocenters. The summed E-state index contributed by atoms with van der Waals surface area (Å²) in [4.78, 5) is 4.48. The number of nitrogens with zero attached hydrogens (tertiary/aromatic N) is 2. The maximum Gasteiger partial charge on any atom is 0.677 e. The summed E-state index contributed by atoms with van der Waals surface area (Å²) in [5, 5.41) is 0.487. The van der Waals surface area contributed by atoms with E-state index in [1.807, 2.05) is 26.8 Å². The second-order valence-corrected chi connectivity index (χ2v) is 5.57. The van der Waals surface area contributed by atoms with Crippen LogP contribution in [0, 0.1) is 13.8 Å². The lowest BCUT2D eigenvalue weighted by Crippen LogP contribution is -2.18. The molecule has 0 aromatic carbocycles. The van der Waals surface area contributed by atoms with E-state index < -0.39 is 7.40 Å². The van der Waals surface area contributed by atoms with Crippen LogP contribution in [0.2, 0.25) is 0 Å². The fourth-order valence-corrected chi connectivity index (χ4v) is 3.21. The lowest BCUT2D eigenvalue weighted by atomic mass is 10.0. The van der Waals surface area contributed by atoms with Crippen LogP contribution in [-0.4, -0.2) is 22.9 Å². The van der Waals surface area contributed by atoms with Crippen molar-refractivity contribution in [2.45, 2.75) is 27.7 Å². The summed E-state index contributed by atoms with van der Waals surface area (Å²) in [7, 11) is -2.55. The van der Waals surface area contributed by atoms with Crippen LogP contribution in [0.3, 0.4) is 0 Å². The molecule has 0 saturated carbocycles. The average Bonchev–Trinajstić information content (AvgIpc) is 2.81. The van der Waals surface area contributed by atoms with Crippen LogP contribution in [0.1, 0.15) is 30.8 Å². The predicted molar refractivity (Wildman–Crippen MR) is 84.9 cm³/mol. The normalized spacial score (nSPS) is 17.1. The van der Waals surface area contributed by atoms with Gasteiger partial charge in [0.05, 0.1) is 5.70 Å². The van der Waals surface area contributed by atoms with Crippen LogP contribution in [0.4, 0.5) is 8.63 Å². The highest BCUT2D eigenvalue weighted by Crippen LogP contribution is 2.33. The van der Waals surface area contributed by atoms with Crippen LogP contribution >= 0.6 is 15.9 Å². The minimum absolute atomic E-state index is 0.487. The molecular formula is C14H16BBrF2N2. The van der Waals surface area contributed by atoms with Gasteiger partial charge in [-0.2, -0.15) is 0 Å². The van der Waals surface area contributed by atoms with Gasteiger partial charge in [0.1, 0.15) is 0 Å². The van der Waals surface area contributed by atoms with E-state index in [2.05, 4.69) is 20.9 Å². The monoisotopic (exact) mass is 340 g/mol. The standard InChI is InChI=1S/C14H16BBrF2N2/c1-8-5-10(3)19-13(8)12(7-16)14-9(2)6-11(4)20(14)15(17)18/h5-6H,7H2,1-4H3/b13-12-. The van der Waals surface area contributed by atoms with Crippen molar-refractivity contribution in [3.8, 4) is 0 Å². The molecule has 0 aliphatic carbocycles. The molecule has 6 heteroatoms. The molecule has 0 fully saturated rings. The summed E-state index contributed by atoms with van der Waals surface area (Å²) in [6, 6.07) is 1.79. The number of aromatic nitrogens is 1. The zero-order valence-electron chi connectivity index (χ0n) is 12.0. The largest absolute Gasteiger partial charge is 0.677 e. The highest BCUT2D eigenvalue weighted by Gasteiger charge is 2.27. The van der Waals surface area contributed by atoms with Gasteiger partial charge >= 0.3 is 7.40 Å². The van der Waals surface area contributed by atoms with E-state index in [-0.39, 0.29) is 0 Å². The predicted octanol–water partition coefficient (Wildman–Crippen LogP) is 4.40. The third-order valence-corrected chi connectivity index (χ3v) is 3.97. The molecule has 0 atom stereocenters. The first kappa shape index (κ1) is 15.2. The summed E-state index contributed by atoms with van der Waals surface area (Å²) in [5.74, 6) is 0. The van der Waals surface area contributed by atoms with Gasteiger partial charge in [-0.25, -0.2) is 0 Å². The summed E-state index contributed by atoms with van der Waals surface area (Å²) in [5.41, 5.74) is 5.49. The van der Waals surface area contributed by atoms with Crippen molar-refractivity contribution in [2.75, 3.05) is 5.33 Å². The van der Waals surface area contributed by atoms with Gasteiger partial charge < -0.3 is 4.48 Å². The zero-order valence-corrected chi connectivity index (χ0v) is 13.6. The number of aliphatic imine (C=N–C) groups is 1. The van der Waals surface area contributed by atoms with Crippen molar-refractivity contribution in [1.82, 2.24) is 4.48 Å². The van der Waals surface area contributed by atoms with E-state index in [4.69, 9.17) is 0 Å². The molecule has 0 saturated heterocycles. The Bertz CT molecular complexity index is 642. The van der Waals surface area contributed by atoms with Gasteiger partial charge in [-0.3, -0.25) is 13.6 Å². The van der Waals surface area contributed by atoms with Crippen LogP contribution in [-0.2, 0) is 0 Å². The Hall–Kier alpha value is -1.17. The van der Waals surface area contributed by atoms with Gasteiger partial charge in [-0.05, 0) is 51.0 Å². The number of rotatable bonds is 3. The first-order valence-electron chi connectivity index (χ1n) is 6.36. The second kappa shape index (κ2) is 5.68. The minimum Gasteiger partial charge on any atom is -0.329 e. The molecule has 20 heavy (non-hydrogen) atoms. The summed E-state index contributed by atoms with van der Waals surface area (Å²) in [6.45, 7) is 7.42. The molecule has 0 bridgehead atoms. The maximum absolute atomic E-state index is 13.3. The van der Waals surface area contributed by atoms with Gasteiger partial charge in [0.25, 0.3) is 0 Å². The number of halogens is 3. The van der Waals surface area contributed by atoms with Gasteiger partial charge in [-0.1, -0.05) is 15.9 Å². The molecule has 0 N–H and O–H groups in total. The van der Waals surface area contributed by atoms with Crippen LogP contribution < -0.4 is 0 Å². The van der Waals surface area contributed by atoms with E-state index in [9.17, 15) is 8.63 Å². The molecule has 1 aromatic heterocycles. The number of alkyl halides is 1. The highest BCUT2D eigenvalue weighted by atomic mass is 79.9. The van der Waals surface area contributed by atoms with E-state index in [0.717, 1.165) is 32.6 Å². The Morgan fingerprint density at radius 2 is 1.95 bits per heavy atom. The van der Waals surface area contributed by atoms with Crippen molar-refractivity contribution in [3.63, 3.8) is 0 Å². The van der Waals surface area contributed by atoms with Crippen LogP contribution in [0.25, 0.3) is 5.57 Å². The van der Waals surface area contributed by atoms with Crippen LogP contribution in [0.15, 0.2) is 28.4 Å². The highest BCUT2D eigenvalue weighted by molar-refractivity contribution is 9.09. The average molecular weight is 341 g/mol. The quantitative estimate of drug-likeness (QED) is 0.573. The second-order valence-electron chi connectivity index (χ2n) is 5.01. The number of aryl methyl sites for hydroxylation is 2. The molecule has 2 rings (SSSR count). The lowest BCUT2D eigenvalue weighted by molar-refractivity contribution is 0.624. The molecule has 2 heterocycles. The number of hydrogen-bond donors (Lipinski definition) is 0. The molecule has 0 spiro atoms. The first-order chi connectivity index (χ1) is 9.36. The van der Waals surface area contributed by atoms with Crippen molar-refractivity contribution < 1.29 is 8.63 Å². The number of hydrogen-bond acceptors (Lipinski definition) is 1. The molecule has 2 nitrogen and oxygen atoms in total. The van der Waals surface area contributed by atoms with Gasteiger partial charge in [0.2, 0.25) is 0 Å². The molecule has 0 radical (unpaired) electrons. The lowest BCUT2D eigenvalue weighted by Gasteiger charge is -2.14. The Labute approximate surface area is 126 Å². The topological polar surface area (TPSA) is 17.3 Å². The van der Waals surface area contributed by atoms with Crippen molar-refractivity contribution in [1.29, 1.82) is 0 Å². The SMILES string of the molecule is CC1=CC(C)=N/C1=C(/CBr)c1c(C)cc(C)n1B(F)F. The smallest absolute Gasteiger partial charge is 0.329 e. The summed E-state index contributed by atoms with van der Waals surface area (Å²) in [6.07, 6.45) is 1.97. The van der Waals surface area contributed by atoms with E-state index in [1.165, 1.54) is 0 Å². The Morgan fingerprint density at radius 3 is 2.40 bits per heavy atom. The fraction of sp³-hybridized carbons (Fsp3) is 0.357. The fourth-order valence-electron chi connectivity index (χ4n) is 2.68. The van der Waals surface area contributed by atoms with E-state index in [1.54, 1.807) is 13.0 Å².